The Morgan fingerprint density at radius 2 is 1.98 bits per heavy atom. The second-order valence-electron chi connectivity index (χ2n) is 10.0. The van der Waals surface area contributed by atoms with Crippen LogP contribution in [0.3, 0.4) is 0 Å². The van der Waals surface area contributed by atoms with Gasteiger partial charge in [-0.15, -0.1) is 0 Å². The average molecular weight is 620 g/mol. The Bertz CT molecular complexity index is 1690. The number of aromatic nitrogens is 2. The molecule has 2 heterocycles. The maximum absolute atomic E-state index is 13.5. The highest BCUT2D eigenvalue weighted by Gasteiger charge is 2.33. The Labute approximate surface area is 258 Å². The molecule has 10 nitrogen and oxygen atoms in total. The van der Waals surface area contributed by atoms with Crippen LogP contribution in [0.15, 0.2) is 73.6 Å². The second kappa shape index (κ2) is 14.2. The molecule has 12 heteroatoms. The van der Waals surface area contributed by atoms with Crippen molar-refractivity contribution in [2.75, 3.05) is 37.5 Å². The van der Waals surface area contributed by atoms with Crippen molar-refractivity contribution in [2.24, 2.45) is 0 Å². The number of nitrogens with zero attached hydrogens (tertiary/aromatic N) is 3. The van der Waals surface area contributed by atoms with Crippen molar-refractivity contribution in [1.82, 2.24) is 14.9 Å². The van der Waals surface area contributed by atoms with Crippen LogP contribution >= 0.6 is 11.6 Å². The molecule has 1 saturated heterocycles. The van der Waals surface area contributed by atoms with Gasteiger partial charge in [-0.05, 0) is 60.9 Å². The quantitative estimate of drug-likeness (QED) is 0.149. The van der Waals surface area contributed by atoms with Crippen molar-refractivity contribution < 1.29 is 28.2 Å². The summed E-state index contributed by atoms with van der Waals surface area (Å²) in [6, 6.07) is 14.1. The van der Waals surface area contributed by atoms with Gasteiger partial charge in [0.2, 0.25) is 11.8 Å². The van der Waals surface area contributed by atoms with E-state index in [-0.39, 0.29) is 30.8 Å². The van der Waals surface area contributed by atoms with E-state index in [4.69, 9.17) is 25.8 Å². The number of methoxy groups -OCH3 is 1. The van der Waals surface area contributed by atoms with Crippen LogP contribution in [0.4, 0.5) is 21.6 Å². The number of ether oxygens (including phenoxy) is 3. The molecule has 1 aliphatic rings. The lowest BCUT2D eigenvalue weighted by Crippen LogP contribution is -2.42. The lowest BCUT2D eigenvalue weighted by Gasteiger charge is -2.23. The van der Waals surface area contributed by atoms with E-state index in [1.807, 2.05) is 0 Å². The Kier molecular flexibility index (Phi) is 9.88. The van der Waals surface area contributed by atoms with E-state index in [1.165, 1.54) is 29.4 Å². The van der Waals surface area contributed by atoms with Gasteiger partial charge in [-0.1, -0.05) is 30.3 Å². The lowest BCUT2D eigenvalue weighted by molar-refractivity contribution is -0.132. The van der Waals surface area contributed by atoms with Gasteiger partial charge in [-0.2, -0.15) is 0 Å². The molecule has 0 spiro atoms. The number of halogens is 2. The van der Waals surface area contributed by atoms with Crippen molar-refractivity contribution >= 4 is 51.5 Å². The predicted octanol–water partition coefficient (Wildman–Crippen LogP) is 5.89. The zero-order valence-corrected chi connectivity index (χ0v) is 24.8. The van der Waals surface area contributed by atoms with Gasteiger partial charge in [0.15, 0.2) is 0 Å². The van der Waals surface area contributed by atoms with E-state index in [0.29, 0.717) is 76.2 Å². The third-order valence-corrected chi connectivity index (χ3v) is 7.33. The number of likely N-dealkylation sites (tertiary alicyclic amines) is 1. The molecule has 2 N–H and O–H groups in total. The van der Waals surface area contributed by atoms with Crippen LogP contribution in [0.1, 0.15) is 18.4 Å². The lowest BCUT2D eigenvalue weighted by atomic mass is 10.1. The second-order valence-corrected chi connectivity index (χ2v) is 10.4. The number of amides is 2. The van der Waals surface area contributed by atoms with Gasteiger partial charge in [-0.25, -0.2) is 14.4 Å². The fraction of sp³-hybridized carbons (Fsp3) is 0.250. The molecule has 1 aromatic heterocycles. The van der Waals surface area contributed by atoms with Crippen molar-refractivity contribution in [1.29, 1.82) is 0 Å². The largest absolute Gasteiger partial charge is 0.489 e. The number of carbonyl (C=O) groups excluding carboxylic acids is 2. The number of rotatable bonds is 12. The minimum atomic E-state index is -0.628. The summed E-state index contributed by atoms with van der Waals surface area (Å²) < 4.78 is 30.3. The highest BCUT2D eigenvalue weighted by atomic mass is 35.5. The van der Waals surface area contributed by atoms with Crippen LogP contribution in [0.2, 0.25) is 5.02 Å². The van der Waals surface area contributed by atoms with Crippen LogP contribution in [0.5, 0.6) is 11.5 Å². The fourth-order valence-electron chi connectivity index (χ4n) is 4.89. The Balaban J connectivity index is 1.39. The molecule has 5 rings (SSSR count). The van der Waals surface area contributed by atoms with E-state index in [9.17, 15) is 14.0 Å². The molecule has 0 aliphatic carbocycles. The third kappa shape index (κ3) is 7.24. The maximum Gasteiger partial charge on any atom is 0.247 e. The number of fused-ring (bicyclic) bond motifs is 1. The van der Waals surface area contributed by atoms with Gasteiger partial charge in [0, 0.05) is 30.8 Å². The predicted molar refractivity (Wildman–Crippen MR) is 166 cm³/mol. The normalized spacial score (nSPS) is 14.3. The number of nitrogens with one attached hydrogen (secondary N) is 2. The molecule has 0 saturated carbocycles. The average Bonchev–Trinajstić information content (AvgIpc) is 3.51. The smallest absolute Gasteiger partial charge is 0.247 e. The van der Waals surface area contributed by atoms with E-state index >= 15 is 0 Å². The zero-order valence-electron chi connectivity index (χ0n) is 24.0. The highest BCUT2D eigenvalue weighted by Crippen LogP contribution is 2.35. The summed E-state index contributed by atoms with van der Waals surface area (Å²) in [5, 5.41) is 7.15. The monoisotopic (exact) mass is 619 g/mol. The number of hydrogen-bond acceptors (Lipinski definition) is 8. The van der Waals surface area contributed by atoms with E-state index < -0.39 is 6.04 Å². The van der Waals surface area contributed by atoms with E-state index in [0.717, 1.165) is 0 Å². The van der Waals surface area contributed by atoms with E-state index in [2.05, 4.69) is 27.2 Å². The number of anilines is 3. The Morgan fingerprint density at radius 1 is 1.11 bits per heavy atom. The summed E-state index contributed by atoms with van der Waals surface area (Å²) in [6.07, 6.45) is 3.88. The van der Waals surface area contributed by atoms with Gasteiger partial charge in [0.1, 0.15) is 48.7 Å². The first-order valence-electron chi connectivity index (χ1n) is 13.9. The molecule has 1 aliphatic heterocycles. The zero-order chi connectivity index (χ0) is 31.1. The van der Waals surface area contributed by atoms with Gasteiger partial charge in [0.25, 0.3) is 0 Å². The molecule has 228 valence electrons. The van der Waals surface area contributed by atoms with Crippen LogP contribution in [0.25, 0.3) is 10.9 Å². The molecular formula is C32H31ClFN5O5. The van der Waals surface area contributed by atoms with Crippen molar-refractivity contribution in [2.45, 2.75) is 25.5 Å². The minimum Gasteiger partial charge on any atom is -0.489 e. The molecule has 1 fully saturated rings. The van der Waals surface area contributed by atoms with Crippen molar-refractivity contribution in [3.05, 3.63) is 90.0 Å². The van der Waals surface area contributed by atoms with E-state index in [1.54, 1.807) is 49.6 Å². The summed E-state index contributed by atoms with van der Waals surface area (Å²) in [5.74, 6) is 0.335. The van der Waals surface area contributed by atoms with Gasteiger partial charge < -0.3 is 29.7 Å². The molecule has 2 amide bonds. The fourth-order valence-corrected chi connectivity index (χ4v) is 5.13. The first-order valence-corrected chi connectivity index (χ1v) is 14.3. The molecule has 0 radical (unpaired) electrons. The van der Waals surface area contributed by atoms with Crippen molar-refractivity contribution in [3.63, 3.8) is 0 Å². The Morgan fingerprint density at radius 3 is 2.75 bits per heavy atom. The summed E-state index contributed by atoms with van der Waals surface area (Å²) in [4.78, 5) is 36.0. The highest BCUT2D eigenvalue weighted by molar-refractivity contribution is 6.32. The van der Waals surface area contributed by atoms with Gasteiger partial charge >= 0.3 is 0 Å². The summed E-state index contributed by atoms with van der Waals surface area (Å²) in [7, 11) is 1.57. The number of carbonyl (C=O) groups is 2. The summed E-state index contributed by atoms with van der Waals surface area (Å²) in [5.41, 5.74) is 2.27. The minimum absolute atomic E-state index is 0.157. The SMILES string of the molecule is C=CC(=O)N1CCC[C@H]1C(=O)Nc1cc2c(Nc3ccc(OCc4cccc(F)c4)c(Cl)c3)ncnc2cc1OCCOC. The molecule has 1 atom stereocenters. The summed E-state index contributed by atoms with van der Waals surface area (Å²) >= 11 is 6.50. The van der Waals surface area contributed by atoms with Crippen LogP contribution in [-0.2, 0) is 20.9 Å². The topological polar surface area (TPSA) is 115 Å². The molecular weight excluding hydrogens is 589 g/mol. The molecule has 44 heavy (non-hydrogen) atoms. The number of benzene rings is 3. The molecule has 0 unspecified atom stereocenters. The third-order valence-electron chi connectivity index (χ3n) is 7.03. The van der Waals surface area contributed by atoms with Crippen LogP contribution in [-0.4, -0.2) is 59.6 Å². The summed E-state index contributed by atoms with van der Waals surface area (Å²) in [6.45, 7) is 4.78. The van der Waals surface area contributed by atoms with Crippen LogP contribution < -0.4 is 20.1 Å². The Hall–Kier alpha value is -4.74. The molecule has 3 aromatic carbocycles. The standard InChI is InChI=1S/C32H31ClFN5O5/c1-3-30(40)39-11-5-8-27(39)32(41)38-26-16-23-25(17-29(26)43-13-12-42-2)35-19-36-31(23)37-22-9-10-28(24(33)15-22)44-18-20-6-4-7-21(34)14-20/h3-4,6-7,9-10,14-17,19,27H,1,5,8,11-13,18H2,2H3,(H,38,41)(H,35,36,37)/t27-/m0/s1. The van der Waals surface area contributed by atoms with Gasteiger partial charge in [-0.3, -0.25) is 9.59 Å². The van der Waals surface area contributed by atoms with Crippen molar-refractivity contribution in [3.8, 4) is 11.5 Å². The van der Waals surface area contributed by atoms with Gasteiger partial charge in [0.05, 0.1) is 22.8 Å². The molecule has 4 aromatic rings. The first kappa shape index (κ1) is 30.7. The number of hydrogen-bond donors (Lipinski definition) is 2. The maximum atomic E-state index is 13.5. The molecule has 0 bridgehead atoms. The van der Waals surface area contributed by atoms with Crippen LogP contribution in [0, 0.1) is 5.82 Å². The first-order chi connectivity index (χ1) is 21.4.